The molecule has 6 heteroatoms. The number of benzene rings is 1. The SMILES string of the molecule is COC(=O)/C=C/COC(=O)c1ccc(OC)c(N)c1. The topological polar surface area (TPSA) is 87.8 Å². The number of rotatable bonds is 5. The molecule has 0 saturated carbocycles. The minimum absolute atomic E-state index is 0.0279. The molecule has 2 N–H and O–H groups in total. The smallest absolute Gasteiger partial charge is 0.338 e. The van der Waals surface area contributed by atoms with Gasteiger partial charge >= 0.3 is 11.9 Å². The molecule has 0 amide bonds. The van der Waals surface area contributed by atoms with Crippen molar-refractivity contribution in [3.63, 3.8) is 0 Å². The van der Waals surface area contributed by atoms with Crippen LogP contribution in [0.25, 0.3) is 0 Å². The van der Waals surface area contributed by atoms with Crippen LogP contribution in [0, 0.1) is 0 Å². The van der Waals surface area contributed by atoms with Gasteiger partial charge in [0.15, 0.2) is 0 Å². The molecule has 0 spiro atoms. The third kappa shape index (κ3) is 4.34. The van der Waals surface area contributed by atoms with E-state index in [1.165, 1.54) is 32.4 Å². The summed E-state index contributed by atoms with van der Waals surface area (Å²) < 4.78 is 14.3. The van der Waals surface area contributed by atoms with Crippen molar-refractivity contribution in [2.45, 2.75) is 0 Å². The van der Waals surface area contributed by atoms with E-state index in [1.54, 1.807) is 12.1 Å². The quantitative estimate of drug-likeness (QED) is 0.488. The maximum atomic E-state index is 11.6. The molecule has 1 rings (SSSR count). The molecule has 0 saturated heterocycles. The third-order valence-electron chi connectivity index (χ3n) is 2.23. The lowest BCUT2D eigenvalue weighted by molar-refractivity contribution is -0.134. The highest BCUT2D eigenvalue weighted by Crippen LogP contribution is 2.22. The van der Waals surface area contributed by atoms with Gasteiger partial charge in [0.05, 0.1) is 25.5 Å². The van der Waals surface area contributed by atoms with Crippen molar-refractivity contribution in [1.82, 2.24) is 0 Å². The molecule has 0 fully saturated rings. The predicted molar refractivity (Wildman–Crippen MR) is 68.8 cm³/mol. The summed E-state index contributed by atoms with van der Waals surface area (Å²) in [6.07, 6.45) is 2.56. The van der Waals surface area contributed by atoms with Crippen LogP contribution in [0.5, 0.6) is 5.75 Å². The molecule has 0 aromatic heterocycles. The fourth-order valence-corrected chi connectivity index (χ4v) is 1.28. The molecular weight excluding hydrogens is 250 g/mol. The van der Waals surface area contributed by atoms with Gasteiger partial charge in [0.25, 0.3) is 0 Å². The van der Waals surface area contributed by atoms with Gasteiger partial charge in [-0.1, -0.05) is 0 Å². The molecule has 1 aromatic rings. The van der Waals surface area contributed by atoms with Crippen molar-refractivity contribution in [3.8, 4) is 5.75 Å². The Labute approximate surface area is 110 Å². The molecular formula is C13H15NO5. The minimum atomic E-state index is -0.538. The van der Waals surface area contributed by atoms with Gasteiger partial charge in [-0.25, -0.2) is 9.59 Å². The monoisotopic (exact) mass is 265 g/mol. The van der Waals surface area contributed by atoms with Gasteiger partial charge < -0.3 is 19.9 Å². The lowest BCUT2D eigenvalue weighted by Gasteiger charge is -2.06. The Morgan fingerprint density at radius 1 is 1.32 bits per heavy atom. The lowest BCUT2D eigenvalue weighted by Crippen LogP contribution is -2.06. The molecule has 1 aromatic carbocycles. The van der Waals surface area contributed by atoms with E-state index in [1.807, 2.05) is 0 Å². The molecule has 0 radical (unpaired) electrons. The summed E-state index contributed by atoms with van der Waals surface area (Å²) in [5.41, 5.74) is 6.33. The maximum absolute atomic E-state index is 11.6. The highest BCUT2D eigenvalue weighted by atomic mass is 16.5. The van der Waals surface area contributed by atoms with E-state index >= 15 is 0 Å². The van der Waals surface area contributed by atoms with Crippen molar-refractivity contribution in [1.29, 1.82) is 0 Å². The number of nitrogen functional groups attached to an aromatic ring is 1. The number of esters is 2. The van der Waals surface area contributed by atoms with Gasteiger partial charge in [-0.3, -0.25) is 0 Å². The normalized spacial score (nSPS) is 10.2. The van der Waals surface area contributed by atoms with Crippen LogP contribution in [0.2, 0.25) is 0 Å². The molecule has 0 heterocycles. The average molecular weight is 265 g/mol. The summed E-state index contributed by atoms with van der Waals surface area (Å²) in [6, 6.07) is 4.59. The summed E-state index contributed by atoms with van der Waals surface area (Å²) in [6.45, 7) is -0.0279. The number of hydrogen-bond acceptors (Lipinski definition) is 6. The van der Waals surface area contributed by atoms with Crippen LogP contribution in [-0.4, -0.2) is 32.8 Å². The highest BCUT2D eigenvalue weighted by molar-refractivity contribution is 5.91. The number of ether oxygens (including phenoxy) is 3. The van der Waals surface area contributed by atoms with Crippen LogP contribution >= 0.6 is 0 Å². The molecule has 6 nitrogen and oxygen atoms in total. The third-order valence-corrected chi connectivity index (χ3v) is 2.23. The number of anilines is 1. The first-order valence-electron chi connectivity index (χ1n) is 5.43. The zero-order chi connectivity index (χ0) is 14.3. The second-order valence-electron chi connectivity index (χ2n) is 3.48. The van der Waals surface area contributed by atoms with Crippen LogP contribution in [-0.2, 0) is 14.3 Å². The van der Waals surface area contributed by atoms with E-state index in [-0.39, 0.29) is 6.61 Å². The van der Waals surface area contributed by atoms with Gasteiger partial charge in [-0.15, -0.1) is 0 Å². The van der Waals surface area contributed by atoms with E-state index in [0.717, 1.165) is 0 Å². The molecule has 0 aliphatic heterocycles. The first-order valence-corrected chi connectivity index (χ1v) is 5.43. The Morgan fingerprint density at radius 3 is 2.63 bits per heavy atom. The molecule has 0 bridgehead atoms. The van der Waals surface area contributed by atoms with Gasteiger partial charge in [0.2, 0.25) is 0 Å². The van der Waals surface area contributed by atoms with E-state index in [2.05, 4.69) is 4.74 Å². The standard InChI is InChI=1S/C13H15NO5/c1-17-11-6-5-9(8-10(11)14)13(16)19-7-3-4-12(15)18-2/h3-6,8H,7,14H2,1-2H3/b4-3+. The summed E-state index contributed by atoms with van der Waals surface area (Å²) in [7, 11) is 2.75. The van der Waals surface area contributed by atoms with Crippen molar-refractivity contribution in [3.05, 3.63) is 35.9 Å². The van der Waals surface area contributed by atoms with Gasteiger partial charge in [0, 0.05) is 6.08 Å². The van der Waals surface area contributed by atoms with Gasteiger partial charge in [-0.05, 0) is 24.3 Å². The summed E-state index contributed by atoms with van der Waals surface area (Å²) in [4.78, 5) is 22.4. The number of hydrogen-bond donors (Lipinski definition) is 1. The van der Waals surface area contributed by atoms with E-state index in [4.69, 9.17) is 15.2 Å². The van der Waals surface area contributed by atoms with Gasteiger partial charge in [-0.2, -0.15) is 0 Å². The number of carbonyl (C=O) groups excluding carboxylic acids is 2. The highest BCUT2D eigenvalue weighted by Gasteiger charge is 2.09. The van der Waals surface area contributed by atoms with Crippen molar-refractivity contribution >= 4 is 17.6 Å². The van der Waals surface area contributed by atoms with Crippen molar-refractivity contribution < 1.29 is 23.8 Å². The molecule has 0 unspecified atom stereocenters. The first kappa shape index (κ1) is 14.6. The zero-order valence-corrected chi connectivity index (χ0v) is 10.7. The number of methoxy groups -OCH3 is 2. The van der Waals surface area contributed by atoms with Crippen molar-refractivity contribution in [2.24, 2.45) is 0 Å². The Kier molecular flexibility index (Phi) is 5.40. The van der Waals surface area contributed by atoms with Crippen molar-refractivity contribution in [2.75, 3.05) is 26.6 Å². The fourth-order valence-electron chi connectivity index (χ4n) is 1.28. The van der Waals surface area contributed by atoms with Gasteiger partial charge in [0.1, 0.15) is 12.4 Å². The molecule has 0 aliphatic carbocycles. The van der Waals surface area contributed by atoms with E-state index < -0.39 is 11.9 Å². The maximum Gasteiger partial charge on any atom is 0.338 e. The molecule has 102 valence electrons. The van der Waals surface area contributed by atoms with Crippen LogP contribution in [0.1, 0.15) is 10.4 Å². The van der Waals surface area contributed by atoms with Crippen LogP contribution in [0.4, 0.5) is 5.69 Å². The van der Waals surface area contributed by atoms with E-state index in [0.29, 0.717) is 17.0 Å². The molecule has 19 heavy (non-hydrogen) atoms. The minimum Gasteiger partial charge on any atom is -0.495 e. The molecule has 0 atom stereocenters. The van der Waals surface area contributed by atoms with E-state index in [9.17, 15) is 9.59 Å². The first-order chi connectivity index (χ1) is 9.08. The lowest BCUT2D eigenvalue weighted by atomic mass is 10.2. The number of nitrogens with two attached hydrogens (primary N) is 1. The zero-order valence-electron chi connectivity index (χ0n) is 10.7. The number of carbonyl (C=O) groups is 2. The second kappa shape index (κ2) is 7.05. The summed E-state index contributed by atoms with van der Waals surface area (Å²) >= 11 is 0. The molecule has 0 aliphatic rings. The Morgan fingerprint density at radius 2 is 2.05 bits per heavy atom. The van der Waals surface area contributed by atoms with Crippen LogP contribution in [0.15, 0.2) is 30.4 Å². The Hall–Kier alpha value is -2.50. The summed E-state index contributed by atoms with van der Waals surface area (Å²) in [5, 5.41) is 0. The Bertz CT molecular complexity index is 496. The largest absolute Gasteiger partial charge is 0.495 e. The van der Waals surface area contributed by atoms with Crippen LogP contribution in [0.3, 0.4) is 0 Å². The summed E-state index contributed by atoms with van der Waals surface area (Å²) in [5.74, 6) is -0.559. The van der Waals surface area contributed by atoms with Crippen LogP contribution < -0.4 is 10.5 Å². The predicted octanol–water partition coefficient (Wildman–Crippen LogP) is 1.16. The second-order valence-corrected chi connectivity index (χ2v) is 3.48. The Balaban J connectivity index is 2.57. The average Bonchev–Trinajstić information content (AvgIpc) is 2.42. The fraction of sp³-hybridized carbons (Fsp3) is 0.231.